The van der Waals surface area contributed by atoms with Gasteiger partial charge in [-0.05, 0) is 67.4 Å². The van der Waals surface area contributed by atoms with Crippen LogP contribution in [0.15, 0.2) is 66.9 Å². The first-order valence-corrected chi connectivity index (χ1v) is 8.79. The van der Waals surface area contributed by atoms with Crippen LogP contribution in [0, 0.1) is 0 Å². The first-order chi connectivity index (χ1) is 13.0. The summed E-state index contributed by atoms with van der Waals surface area (Å²) in [6.07, 6.45) is 2.59. The van der Waals surface area contributed by atoms with Crippen LogP contribution < -0.4 is 10.6 Å². The number of benzene rings is 2. The van der Waals surface area contributed by atoms with E-state index in [1.807, 2.05) is 18.2 Å². The van der Waals surface area contributed by atoms with Gasteiger partial charge in [-0.2, -0.15) is 0 Å². The molecule has 0 saturated heterocycles. The monoisotopic (exact) mass is 359 g/mol. The van der Waals surface area contributed by atoms with E-state index < -0.39 is 0 Å². The molecule has 2 aromatic carbocycles. The lowest BCUT2D eigenvalue weighted by atomic mass is 10.1. The zero-order chi connectivity index (χ0) is 19.2. The third-order valence-electron chi connectivity index (χ3n) is 4.19. The summed E-state index contributed by atoms with van der Waals surface area (Å²) in [4.78, 5) is 27.9. The van der Waals surface area contributed by atoms with Crippen molar-refractivity contribution in [1.82, 2.24) is 4.98 Å². The van der Waals surface area contributed by atoms with Gasteiger partial charge in [0, 0.05) is 28.8 Å². The predicted octanol–water partition coefficient (Wildman–Crippen LogP) is 4.84. The Kier molecular flexibility index (Phi) is 5.61. The molecule has 0 aliphatic carbocycles. The summed E-state index contributed by atoms with van der Waals surface area (Å²) in [5.74, 6) is -0.323. The Morgan fingerprint density at radius 3 is 2.19 bits per heavy atom. The van der Waals surface area contributed by atoms with Crippen LogP contribution in [0.4, 0.5) is 17.1 Å². The van der Waals surface area contributed by atoms with Crippen LogP contribution in [0.25, 0.3) is 0 Å². The van der Waals surface area contributed by atoms with E-state index in [0.717, 1.165) is 17.8 Å². The maximum atomic E-state index is 12.5. The van der Waals surface area contributed by atoms with Crippen LogP contribution in [-0.4, -0.2) is 16.7 Å². The molecule has 136 valence electrons. The number of Topliss-reactive ketones (excluding diaryl/α,β-unsaturated/α-hetero) is 1. The van der Waals surface area contributed by atoms with Crippen molar-refractivity contribution in [1.29, 1.82) is 0 Å². The van der Waals surface area contributed by atoms with E-state index in [-0.39, 0.29) is 11.7 Å². The minimum Gasteiger partial charge on any atom is -0.355 e. The molecule has 2 N–H and O–H groups in total. The number of aromatic nitrogens is 1. The molecule has 0 saturated carbocycles. The van der Waals surface area contributed by atoms with Crippen molar-refractivity contribution >= 4 is 28.8 Å². The van der Waals surface area contributed by atoms with Crippen molar-refractivity contribution in [2.24, 2.45) is 0 Å². The number of carbonyl (C=O) groups excluding carboxylic acids is 2. The number of carbonyl (C=O) groups is 2. The van der Waals surface area contributed by atoms with Crippen LogP contribution in [0.5, 0.6) is 0 Å². The summed E-state index contributed by atoms with van der Waals surface area (Å²) < 4.78 is 0. The average Bonchev–Trinajstić information content (AvgIpc) is 2.69. The van der Waals surface area contributed by atoms with Gasteiger partial charge in [-0.3, -0.25) is 14.6 Å². The lowest BCUT2D eigenvalue weighted by Gasteiger charge is -2.09. The van der Waals surface area contributed by atoms with Gasteiger partial charge in [-0.1, -0.05) is 19.1 Å². The molecular weight excluding hydrogens is 338 g/mol. The van der Waals surface area contributed by atoms with E-state index in [1.54, 1.807) is 36.5 Å². The normalized spacial score (nSPS) is 10.3. The number of ketones is 1. The van der Waals surface area contributed by atoms with E-state index >= 15 is 0 Å². The third-order valence-corrected chi connectivity index (χ3v) is 4.19. The molecule has 0 aliphatic heterocycles. The van der Waals surface area contributed by atoms with Crippen molar-refractivity contribution in [3.63, 3.8) is 0 Å². The van der Waals surface area contributed by atoms with Gasteiger partial charge in [0.25, 0.3) is 5.91 Å². The molecule has 0 bridgehead atoms. The van der Waals surface area contributed by atoms with Gasteiger partial charge < -0.3 is 10.6 Å². The van der Waals surface area contributed by atoms with Crippen molar-refractivity contribution < 1.29 is 9.59 Å². The van der Waals surface area contributed by atoms with Gasteiger partial charge in [-0.15, -0.1) is 0 Å². The number of anilines is 3. The molecule has 1 amide bonds. The Bertz CT molecular complexity index is 948. The first-order valence-electron chi connectivity index (χ1n) is 8.79. The summed E-state index contributed by atoms with van der Waals surface area (Å²) in [5.41, 5.74) is 4.52. The third kappa shape index (κ3) is 4.79. The van der Waals surface area contributed by atoms with Gasteiger partial charge >= 0.3 is 0 Å². The highest BCUT2D eigenvalue weighted by atomic mass is 16.2. The highest BCUT2D eigenvalue weighted by Crippen LogP contribution is 2.18. The molecule has 5 nitrogen and oxygen atoms in total. The highest BCUT2D eigenvalue weighted by molar-refractivity contribution is 6.03. The molecule has 1 aromatic heterocycles. The van der Waals surface area contributed by atoms with E-state index in [2.05, 4.69) is 34.7 Å². The SMILES string of the molecule is CCc1ccc(Nc2ccnc(C(=O)Nc3ccc(C(C)=O)cc3)c2)cc1. The smallest absolute Gasteiger partial charge is 0.274 e. The van der Waals surface area contributed by atoms with Crippen molar-refractivity contribution in [2.75, 3.05) is 10.6 Å². The molecule has 5 heteroatoms. The number of hydrogen-bond donors (Lipinski definition) is 2. The zero-order valence-corrected chi connectivity index (χ0v) is 15.3. The standard InChI is InChI=1S/C22H21N3O2/c1-3-16-4-8-18(9-5-16)24-20-12-13-23-21(14-20)22(27)25-19-10-6-17(7-11-19)15(2)26/h4-14H,3H2,1-2H3,(H,23,24)(H,25,27). The van der Waals surface area contributed by atoms with Crippen LogP contribution in [-0.2, 0) is 6.42 Å². The number of nitrogens with zero attached hydrogens (tertiary/aromatic N) is 1. The molecule has 27 heavy (non-hydrogen) atoms. The van der Waals surface area contributed by atoms with E-state index in [4.69, 9.17) is 0 Å². The molecule has 0 aliphatic rings. The van der Waals surface area contributed by atoms with Crippen molar-refractivity contribution in [3.8, 4) is 0 Å². The van der Waals surface area contributed by atoms with Gasteiger partial charge in [-0.25, -0.2) is 0 Å². The first kappa shape index (κ1) is 18.3. The van der Waals surface area contributed by atoms with E-state index in [9.17, 15) is 9.59 Å². The molecule has 0 atom stereocenters. The van der Waals surface area contributed by atoms with Crippen molar-refractivity contribution in [2.45, 2.75) is 20.3 Å². The second kappa shape index (κ2) is 8.27. The molecular formula is C22H21N3O2. The number of nitrogens with one attached hydrogen (secondary N) is 2. The van der Waals surface area contributed by atoms with Crippen LogP contribution in [0.1, 0.15) is 40.3 Å². The Morgan fingerprint density at radius 2 is 1.56 bits per heavy atom. The molecule has 0 spiro atoms. The van der Waals surface area contributed by atoms with Crippen molar-refractivity contribution in [3.05, 3.63) is 83.7 Å². The van der Waals surface area contributed by atoms with E-state index in [0.29, 0.717) is 16.9 Å². The fourth-order valence-corrected chi connectivity index (χ4v) is 2.61. The summed E-state index contributed by atoms with van der Waals surface area (Å²) in [6, 6.07) is 18.4. The summed E-state index contributed by atoms with van der Waals surface area (Å²) in [6.45, 7) is 3.62. The van der Waals surface area contributed by atoms with Crippen LogP contribution in [0.2, 0.25) is 0 Å². The number of pyridine rings is 1. The zero-order valence-electron chi connectivity index (χ0n) is 15.3. The van der Waals surface area contributed by atoms with Gasteiger partial charge in [0.2, 0.25) is 0 Å². The lowest BCUT2D eigenvalue weighted by molar-refractivity contribution is 0.101. The number of aryl methyl sites for hydroxylation is 1. The van der Waals surface area contributed by atoms with Gasteiger partial charge in [0.05, 0.1) is 0 Å². The largest absolute Gasteiger partial charge is 0.355 e. The van der Waals surface area contributed by atoms with Crippen LogP contribution >= 0.6 is 0 Å². The molecule has 3 rings (SSSR count). The fourth-order valence-electron chi connectivity index (χ4n) is 2.61. The molecule has 3 aromatic rings. The molecule has 0 fully saturated rings. The Hall–Kier alpha value is -3.47. The fraction of sp³-hybridized carbons (Fsp3) is 0.136. The molecule has 0 radical (unpaired) electrons. The maximum absolute atomic E-state index is 12.5. The summed E-state index contributed by atoms with van der Waals surface area (Å²) in [7, 11) is 0. The second-order valence-electron chi connectivity index (χ2n) is 6.19. The van der Waals surface area contributed by atoms with Gasteiger partial charge in [0.1, 0.15) is 5.69 Å². The minimum absolute atomic E-state index is 0.0136. The average molecular weight is 359 g/mol. The number of rotatable bonds is 6. The Balaban J connectivity index is 1.70. The molecule has 1 heterocycles. The highest BCUT2D eigenvalue weighted by Gasteiger charge is 2.09. The summed E-state index contributed by atoms with van der Waals surface area (Å²) >= 11 is 0. The van der Waals surface area contributed by atoms with E-state index in [1.165, 1.54) is 12.5 Å². The summed E-state index contributed by atoms with van der Waals surface area (Å²) in [5, 5.41) is 6.07. The van der Waals surface area contributed by atoms with Crippen LogP contribution in [0.3, 0.4) is 0 Å². The minimum atomic E-state index is -0.310. The van der Waals surface area contributed by atoms with Gasteiger partial charge in [0.15, 0.2) is 5.78 Å². The Morgan fingerprint density at radius 1 is 0.889 bits per heavy atom. The number of hydrogen-bond acceptors (Lipinski definition) is 4. The topological polar surface area (TPSA) is 71.1 Å². The predicted molar refractivity (Wildman–Crippen MR) is 108 cm³/mol. The molecule has 0 unspecified atom stereocenters. The Labute approximate surface area is 158 Å². The number of amides is 1. The second-order valence-corrected chi connectivity index (χ2v) is 6.19. The quantitative estimate of drug-likeness (QED) is 0.618. The maximum Gasteiger partial charge on any atom is 0.274 e. The lowest BCUT2D eigenvalue weighted by Crippen LogP contribution is -2.14.